The summed E-state index contributed by atoms with van der Waals surface area (Å²) in [5, 5.41) is 29.4. The molecule has 0 bridgehead atoms. The number of aryl methyl sites for hydroxylation is 1. The van der Waals surface area contributed by atoms with Crippen LogP contribution >= 0.6 is 0 Å². The van der Waals surface area contributed by atoms with E-state index >= 15 is 0 Å². The first kappa shape index (κ1) is 18.7. The Morgan fingerprint density at radius 2 is 1.72 bits per heavy atom. The Labute approximate surface area is 169 Å². The van der Waals surface area contributed by atoms with Crippen molar-refractivity contribution in [2.24, 2.45) is 0 Å². The number of ether oxygens (including phenoxy) is 1. The second kappa shape index (κ2) is 8.17. The van der Waals surface area contributed by atoms with E-state index in [9.17, 15) is 10.4 Å². The second-order valence-electron chi connectivity index (χ2n) is 6.80. The van der Waals surface area contributed by atoms with E-state index in [1.807, 2.05) is 54.0 Å². The molecule has 29 heavy (non-hydrogen) atoms. The molecular weight excluding hydrogens is 366 g/mol. The van der Waals surface area contributed by atoms with E-state index in [0.717, 1.165) is 11.3 Å². The van der Waals surface area contributed by atoms with Gasteiger partial charge in [-0.25, -0.2) is 0 Å². The van der Waals surface area contributed by atoms with E-state index < -0.39 is 0 Å². The second-order valence-corrected chi connectivity index (χ2v) is 6.80. The third-order valence-electron chi connectivity index (χ3n) is 4.85. The van der Waals surface area contributed by atoms with E-state index in [-0.39, 0.29) is 11.3 Å². The van der Waals surface area contributed by atoms with Crippen molar-refractivity contribution >= 4 is 17.3 Å². The molecule has 4 rings (SSSR count). The molecule has 0 saturated carbocycles. The van der Waals surface area contributed by atoms with Gasteiger partial charge in [-0.1, -0.05) is 48.0 Å². The Bertz CT molecular complexity index is 1060. The van der Waals surface area contributed by atoms with Crippen LogP contribution in [0.4, 0.5) is 5.95 Å². The molecule has 1 saturated heterocycles. The predicted octanol–water partition coefficient (Wildman–Crippen LogP) is 3.36. The van der Waals surface area contributed by atoms with Crippen LogP contribution in [0.2, 0.25) is 0 Å². The monoisotopic (exact) mass is 387 g/mol. The van der Waals surface area contributed by atoms with Gasteiger partial charge in [0.1, 0.15) is 17.4 Å². The van der Waals surface area contributed by atoms with Crippen molar-refractivity contribution in [2.45, 2.75) is 6.92 Å². The summed E-state index contributed by atoms with van der Waals surface area (Å²) in [6.07, 6.45) is 0. The molecule has 0 atom stereocenters. The Kier molecular flexibility index (Phi) is 5.27. The summed E-state index contributed by atoms with van der Waals surface area (Å²) in [7, 11) is 0. The minimum absolute atomic E-state index is 0.0738. The Balaban J connectivity index is 1.88. The van der Waals surface area contributed by atoms with Gasteiger partial charge < -0.3 is 14.7 Å². The molecule has 0 amide bonds. The third-order valence-corrected chi connectivity index (χ3v) is 4.85. The van der Waals surface area contributed by atoms with Crippen LogP contribution in [0.5, 0.6) is 0 Å². The molecule has 2 heterocycles. The molecule has 0 aliphatic carbocycles. The molecule has 0 spiro atoms. The highest BCUT2D eigenvalue weighted by atomic mass is 16.5. The highest BCUT2D eigenvalue weighted by Crippen LogP contribution is 2.29. The summed E-state index contributed by atoms with van der Waals surface area (Å²) in [6.45, 7) is 4.54. The fourth-order valence-electron chi connectivity index (χ4n) is 3.29. The summed E-state index contributed by atoms with van der Waals surface area (Å²) < 4.78 is 7.26. The number of rotatable bonds is 4. The molecule has 3 aromatic rings. The molecule has 7 heteroatoms. The maximum atomic E-state index is 10.9. The molecule has 2 aromatic carbocycles. The fraction of sp³-hybridized carbons (Fsp3) is 0.227. The lowest BCUT2D eigenvalue weighted by Gasteiger charge is -2.28. The van der Waals surface area contributed by atoms with Gasteiger partial charge >= 0.3 is 0 Å². The summed E-state index contributed by atoms with van der Waals surface area (Å²) in [6, 6.07) is 19.1. The molecule has 1 aromatic heterocycles. The maximum absolute atomic E-state index is 10.9. The number of hydrogen-bond acceptors (Lipinski definition) is 6. The molecule has 1 aliphatic rings. The smallest absolute Gasteiger partial charge is 0.232 e. The van der Waals surface area contributed by atoms with E-state index in [4.69, 9.17) is 4.74 Å². The number of aromatic nitrogens is 3. The van der Waals surface area contributed by atoms with Gasteiger partial charge in [0.25, 0.3) is 0 Å². The summed E-state index contributed by atoms with van der Waals surface area (Å²) >= 11 is 0. The van der Waals surface area contributed by atoms with E-state index in [0.29, 0.717) is 43.6 Å². The molecule has 0 radical (unpaired) electrons. The number of benzene rings is 2. The minimum Gasteiger partial charge on any atom is -0.506 e. The van der Waals surface area contributed by atoms with Crippen LogP contribution in [0, 0.1) is 18.3 Å². The number of nitriles is 1. The van der Waals surface area contributed by atoms with Gasteiger partial charge in [0.15, 0.2) is 5.82 Å². The lowest BCUT2D eigenvalue weighted by molar-refractivity contribution is 0.122. The van der Waals surface area contributed by atoms with Crippen molar-refractivity contribution in [1.29, 1.82) is 5.26 Å². The Morgan fingerprint density at radius 3 is 2.38 bits per heavy atom. The van der Waals surface area contributed by atoms with E-state index in [1.54, 1.807) is 12.1 Å². The Hall–Kier alpha value is -3.63. The van der Waals surface area contributed by atoms with Crippen molar-refractivity contribution < 1.29 is 9.84 Å². The van der Waals surface area contributed by atoms with Crippen LogP contribution in [0.3, 0.4) is 0 Å². The molecule has 1 N–H and O–H groups in total. The number of hydrogen-bond donors (Lipinski definition) is 1. The zero-order valence-corrected chi connectivity index (χ0v) is 16.1. The van der Waals surface area contributed by atoms with Crippen molar-refractivity contribution in [3.05, 3.63) is 71.5 Å². The van der Waals surface area contributed by atoms with Crippen LogP contribution in [-0.2, 0) is 4.74 Å². The standard InChI is InChI=1S/C22H21N5O2/c1-16-7-9-17(10-8-16)20(28)19(15-23)21-24-25-22(26-11-13-29-14-12-26)27(21)18-5-3-2-4-6-18/h2-10,28H,11-14H2,1H3. The first-order chi connectivity index (χ1) is 14.2. The van der Waals surface area contributed by atoms with Gasteiger partial charge in [-0.15, -0.1) is 10.2 Å². The highest BCUT2D eigenvalue weighted by Gasteiger charge is 2.25. The summed E-state index contributed by atoms with van der Waals surface area (Å²) in [5.74, 6) is 0.808. The van der Waals surface area contributed by atoms with Crippen molar-refractivity contribution in [3.63, 3.8) is 0 Å². The van der Waals surface area contributed by atoms with Gasteiger partial charge in [-0.2, -0.15) is 5.26 Å². The van der Waals surface area contributed by atoms with Crippen molar-refractivity contribution in [1.82, 2.24) is 14.8 Å². The van der Waals surface area contributed by atoms with Gasteiger partial charge in [0.05, 0.1) is 18.9 Å². The zero-order valence-electron chi connectivity index (χ0n) is 16.1. The number of allylic oxidation sites excluding steroid dienone is 1. The summed E-state index contributed by atoms with van der Waals surface area (Å²) in [4.78, 5) is 2.07. The fourth-order valence-corrected chi connectivity index (χ4v) is 3.29. The Morgan fingerprint density at radius 1 is 1.03 bits per heavy atom. The van der Waals surface area contributed by atoms with Gasteiger partial charge in [-0.3, -0.25) is 4.57 Å². The number of aliphatic hydroxyl groups is 1. The van der Waals surface area contributed by atoms with Crippen LogP contribution < -0.4 is 4.90 Å². The van der Waals surface area contributed by atoms with Crippen LogP contribution in [0.15, 0.2) is 54.6 Å². The number of nitrogens with zero attached hydrogens (tertiary/aromatic N) is 5. The normalized spacial score (nSPS) is 15.0. The topological polar surface area (TPSA) is 87.2 Å². The molecule has 1 fully saturated rings. The largest absolute Gasteiger partial charge is 0.506 e. The number of morpholine rings is 1. The molecule has 1 aliphatic heterocycles. The van der Waals surface area contributed by atoms with Crippen LogP contribution in [0.1, 0.15) is 17.0 Å². The molecule has 146 valence electrons. The number of anilines is 1. The summed E-state index contributed by atoms with van der Waals surface area (Å²) in [5.41, 5.74) is 2.52. The minimum atomic E-state index is -0.120. The molecular formula is C22H21N5O2. The SMILES string of the molecule is Cc1ccc(C(O)=C(C#N)c2nnc(N3CCOCC3)n2-c2ccccc2)cc1. The predicted molar refractivity (Wildman–Crippen MR) is 111 cm³/mol. The van der Waals surface area contributed by atoms with Crippen molar-refractivity contribution in [3.8, 4) is 11.8 Å². The highest BCUT2D eigenvalue weighted by molar-refractivity contribution is 5.92. The average Bonchev–Trinajstić information content (AvgIpc) is 3.21. The number of aliphatic hydroxyl groups excluding tert-OH is 1. The van der Waals surface area contributed by atoms with Crippen LogP contribution in [-0.4, -0.2) is 46.2 Å². The van der Waals surface area contributed by atoms with E-state index in [1.165, 1.54) is 0 Å². The first-order valence-corrected chi connectivity index (χ1v) is 9.43. The third kappa shape index (κ3) is 3.71. The van der Waals surface area contributed by atoms with Gasteiger partial charge in [0.2, 0.25) is 5.95 Å². The first-order valence-electron chi connectivity index (χ1n) is 9.43. The van der Waals surface area contributed by atoms with E-state index in [2.05, 4.69) is 21.2 Å². The molecule has 0 unspecified atom stereocenters. The maximum Gasteiger partial charge on any atom is 0.232 e. The quantitative estimate of drug-likeness (QED) is 0.546. The molecule has 7 nitrogen and oxygen atoms in total. The van der Waals surface area contributed by atoms with Crippen LogP contribution in [0.25, 0.3) is 17.0 Å². The van der Waals surface area contributed by atoms with Gasteiger partial charge in [0, 0.05) is 18.7 Å². The average molecular weight is 387 g/mol. The zero-order chi connectivity index (χ0) is 20.2. The van der Waals surface area contributed by atoms with Crippen molar-refractivity contribution in [2.75, 3.05) is 31.2 Å². The lowest BCUT2D eigenvalue weighted by Crippen LogP contribution is -2.38. The lowest BCUT2D eigenvalue weighted by atomic mass is 10.1. The number of para-hydroxylation sites is 1. The van der Waals surface area contributed by atoms with Gasteiger partial charge in [-0.05, 0) is 19.1 Å².